The summed E-state index contributed by atoms with van der Waals surface area (Å²) in [6.45, 7) is 0. The fourth-order valence-corrected chi connectivity index (χ4v) is 1.87. The van der Waals surface area contributed by atoms with Crippen molar-refractivity contribution in [1.82, 2.24) is 0 Å². The predicted molar refractivity (Wildman–Crippen MR) is 82.7 cm³/mol. The molecule has 0 aromatic heterocycles. The normalized spacial score (nSPS) is 10.5. The van der Waals surface area contributed by atoms with E-state index in [0.29, 0.717) is 11.3 Å². The number of ether oxygens (including phenoxy) is 2. The Morgan fingerprint density at radius 2 is 2.00 bits per heavy atom. The summed E-state index contributed by atoms with van der Waals surface area (Å²) >= 11 is 0. The van der Waals surface area contributed by atoms with Crippen LogP contribution < -0.4 is 10.6 Å². The highest BCUT2D eigenvalue weighted by atomic mass is 16.6. The Labute approximate surface area is 131 Å². The quantitative estimate of drug-likeness (QED) is 0.298. The van der Waals surface area contributed by atoms with Crippen LogP contribution in [-0.2, 0) is 4.74 Å². The average Bonchev–Trinajstić information content (AvgIpc) is 2.56. The Morgan fingerprint density at radius 1 is 1.26 bits per heavy atom. The fourth-order valence-electron chi connectivity index (χ4n) is 1.87. The molecule has 0 aliphatic heterocycles. The Hall–Kier alpha value is -3.42. The zero-order chi connectivity index (χ0) is 16.8. The number of nitro groups is 1. The first kappa shape index (κ1) is 16.0. The second-order valence-corrected chi connectivity index (χ2v) is 4.35. The highest BCUT2D eigenvalue weighted by molar-refractivity contribution is 5.93. The van der Waals surface area contributed by atoms with Crippen LogP contribution in [0.25, 0.3) is 0 Å². The van der Waals surface area contributed by atoms with Gasteiger partial charge in [0, 0.05) is 17.7 Å². The van der Waals surface area contributed by atoms with E-state index in [9.17, 15) is 14.9 Å². The molecule has 2 rings (SSSR count). The number of non-ortho nitro benzene ring substituents is 1. The lowest BCUT2D eigenvalue weighted by molar-refractivity contribution is -0.384. The van der Waals surface area contributed by atoms with E-state index in [4.69, 9.17) is 10.6 Å². The summed E-state index contributed by atoms with van der Waals surface area (Å²) < 4.78 is 10.3. The maximum atomic E-state index is 11.8. The van der Waals surface area contributed by atoms with Crippen LogP contribution in [-0.4, -0.2) is 24.2 Å². The molecule has 8 nitrogen and oxygen atoms in total. The molecule has 0 unspecified atom stereocenters. The van der Waals surface area contributed by atoms with Crippen LogP contribution in [0, 0.1) is 10.1 Å². The van der Waals surface area contributed by atoms with Gasteiger partial charge in [-0.25, -0.2) is 4.79 Å². The third-order valence-electron chi connectivity index (χ3n) is 2.93. The van der Waals surface area contributed by atoms with Crippen molar-refractivity contribution in [2.75, 3.05) is 7.11 Å². The van der Waals surface area contributed by atoms with Crippen molar-refractivity contribution in [3.63, 3.8) is 0 Å². The summed E-state index contributed by atoms with van der Waals surface area (Å²) in [5.41, 5.74) is 0.292. The Kier molecular flexibility index (Phi) is 4.88. The van der Waals surface area contributed by atoms with E-state index in [-0.39, 0.29) is 17.0 Å². The molecule has 0 fully saturated rings. The third kappa shape index (κ3) is 3.62. The topological polar surface area (TPSA) is 117 Å². The monoisotopic (exact) mass is 315 g/mol. The van der Waals surface area contributed by atoms with Crippen LogP contribution >= 0.6 is 0 Å². The maximum Gasteiger partial charge on any atom is 0.341 e. The first-order chi connectivity index (χ1) is 11.1. The molecule has 0 aliphatic rings. The summed E-state index contributed by atoms with van der Waals surface area (Å²) in [6.07, 6.45) is 1.39. The smallest absolute Gasteiger partial charge is 0.341 e. The molecule has 0 saturated heterocycles. The average molecular weight is 315 g/mol. The first-order valence-corrected chi connectivity index (χ1v) is 6.43. The molecule has 118 valence electrons. The van der Waals surface area contributed by atoms with Gasteiger partial charge in [0.15, 0.2) is 0 Å². The van der Waals surface area contributed by atoms with Crippen molar-refractivity contribution in [1.29, 1.82) is 0 Å². The number of benzene rings is 2. The number of methoxy groups -OCH3 is 1. The van der Waals surface area contributed by atoms with Gasteiger partial charge in [-0.05, 0) is 18.2 Å². The lowest BCUT2D eigenvalue weighted by Crippen LogP contribution is -2.05. The molecular weight excluding hydrogens is 302 g/mol. The van der Waals surface area contributed by atoms with E-state index in [1.165, 1.54) is 25.5 Å². The Bertz CT molecular complexity index is 773. The molecule has 0 spiro atoms. The van der Waals surface area contributed by atoms with Gasteiger partial charge >= 0.3 is 5.97 Å². The number of rotatable bonds is 5. The highest BCUT2D eigenvalue weighted by Gasteiger charge is 2.19. The number of esters is 1. The molecule has 8 heteroatoms. The zero-order valence-electron chi connectivity index (χ0n) is 12.1. The third-order valence-corrected chi connectivity index (χ3v) is 2.93. The van der Waals surface area contributed by atoms with Crippen molar-refractivity contribution in [3.8, 4) is 11.5 Å². The fraction of sp³-hybridized carbons (Fsp3) is 0.0667. The lowest BCUT2D eigenvalue weighted by Gasteiger charge is -2.11. The van der Waals surface area contributed by atoms with Crippen LogP contribution in [0.5, 0.6) is 11.5 Å². The van der Waals surface area contributed by atoms with E-state index in [2.05, 4.69) is 9.84 Å². The maximum absolute atomic E-state index is 11.8. The summed E-state index contributed by atoms with van der Waals surface area (Å²) in [6, 6.07) is 10.5. The highest BCUT2D eigenvalue weighted by Crippen LogP contribution is 2.30. The van der Waals surface area contributed by atoms with Gasteiger partial charge in [-0.15, -0.1) is 0 Å². The van der Waals surface area contributed by atoms with E-state index >= 15 is 0 Å². The first-order valence-electron chi connectivity index (χ1n) is 6.43. The van der Waals surface area contributed by atoms with Crippen molar-refractivity contribution in [2.45, 2.75) is 0 Å². The van der Waals surface area contributed by atoms with Crippen LogP contribution in [0.2, 0.25) is 0 Å². The van der Waals surface area contributed by atoms with Gasteiger partial charge in [-0.3, -0.25) is 10.1 Å². The number of hydrogen-bond acceptors (Lipinski definition) is 7. The SMILES string of the molecule is COC(=O)c1cc([N+](=O)[O-])ccc1Oc1ccccc1C=NN. The minimum Gasteiger partial charge on any atom is -0.465 e. The predicted octanol–water partition coefficient (Wildman–Crippen LogP) is 2.47. The minimum atomic E-state index is -0.742. The molecule has 0 aliphatic carbocycles. The molecule has 2 N–H and O–H groups in total. The van der Waals surface area contributed by atoms with Crippen LogP contribution in [0.3, 0.4) is 0 Å². The number of nitro benzene ring substituents is 1. The van der Waals surface area contributed by atoms with Crippen molar-refractivity contribution in [3.05, 3.63) is 63.7 Å². The van der Waals surface area contributed by atoms with E-state index in [0.717, 1.165) is 6.07 Å². The van der Waals surface area contributed by atoms with Gasteiger partial charge in [0.1, 0.15) is 17.1 Å². The number of nitrogens with two attached hydrogens (primary N) is 1. The Morgan fingerprint density at radius 3 is 2.65 bits per heavy atom. The second-order valence-electron chi connectivity index (χ2n) is 4.35. The van der Waals surface area contributed by atoms with Crippen LogP contribution in [0.1, 0.15) is 15.9 Å². The molecular formula is C15H13N3O5. The van der Waals surface area contributed by atoms with Gasteiger partial charge in [0.2, 0.25) is 0 Å². The minimum absolute atomic E-state index is 0.0545. The zero-order valence-corrected chi connectivity index (χ0v) is 12.1. The van der Waals surface area contributed by atoms with Crippen LogP contribution in [0.15, 0.2) is 47.6 Å². The summed E-state index contributed by atoms with van der Waals surface area (Å²) in [5.74, 6) is 4.91. The van der Waals surface area contributed by atoms with E-state index in [1.807, 2.05) is 0 Å². The number of nitrogens with zero attached hydrogens (tertiary/aromatic N) is 2. The molecule has 0 amide bonds. The summed E-state index contributed by atoms with van der Waals surface area (Å²) in [7, 11) is 1.18. The number of para-hydroxylation sites is 1. The molecule has 0 bridgehead atoms. The van der Waals surface area contributed by atoms with Gasteiger partial charge < -0.3 is 15.3 Å². The van der Waals surface area contributed by atoms with E-state index < -0.39 is 10.9 Å². The van der Waals surface area contributed by atoms with Crippen molar-refractivity contribution in [2.24, 2.45) is 10.9 Å². The number of hydrazone groups is 1. The largest absolute Gasteiger partial charge is 0.465 e. The molecule has 0 radical (unpaired) electrons. The molecule has 0 heterocycles. The molecule has 2 aromatic rings. The second kappa shape index (κ2) is 7.03. The van der Waals surface area contributed by atoms with Gasteiger partial charge in [-0.2, -0.15) is 5.10 Å². The van der Waals surface area contributed by atoms with Gasteiger partial charge in [-0.1, -0.05) is 12.1 Å². The number of hydrogen-bond donors (Lipinski definition) is 1. The number of carbonyl (C=O) groups is 1. The Balaban J connectivity index is 2.47. The van der Waals surface area contributed by atoms with Gasteiger partial charge in [0.05, 0.1) is 18.2 Å². The summed E-state index contributed by atoms with van der Waals surface area (Å²) in [5, 5.41) is 14.3. The van der Waals surface area contributed by atoms with Crippen LogP contribution in [0.4, 0.5) is 5.69 Å². The standard InChI is InChI=1S/C15H13N3O5/c1-22-15(19)12-8-11(18(20)21)6-7-14(12)23-13-5-3-2-4-10(13)9-17-16/h2-9H,16H2,1H3. The van der Waals surface area contributed by atoms with Gasteiger partial charge in [0.25, 0.3) is 5.69 Å². The van der Waals surface area contributed by atoms with Crippen molar-refractivity contribution >= 4 is 17.9 Å². The number of carbonyl (C=O) groups excluding carboxylic acids is 1. The molecule has 0 atom stereocenters. The van der Waals surface area contributed by atoms with E-state index in [1.54, 1.807) is 24.3 Å². The molecule has 23 heavy (non-hydrogen) atoms. The lowest BCUT2D eigenvalue weighted by atomic mass is 10.1. The van der Waals surface area contributed by atoms with Crippen molar-refractivity contribution < 1.29 is 19.2 Å². The summed E-state index contributed by atoms with van der Waals surface area (Å²) in [4.78, 5) is 22.1. The molecule has 2 aromatic carbocycles. The molecule has 0 saturated carbocycles.